The maximum atomic E-state index is 12.3. The van der Waals surface area contributed by atoms with Crippen molar-refractivity contribution in [3.8, 4) is 11.4 Å². The summed E-state index contributed by atoms with van der Waals surface area (Å²) in [6, 6.07) is 17.8. The van der Waals surface area contributed by atoms with Crippen LogP contribution < -0.4 is 10.1 Å². The molecular weight excluding hydrogens is 396 g/mol. The molecule has 2 aromatic heterocycles. The van der Waals surface area contributed by atoms with E-state index in [1.807, 2.05) is 73.1 Å². The molecule has 0 unspecified atom stereocenters. The average Bonchev–Trinajstić information content (AvgIpc) is 3.42. The SMILES string of the molecule is Cc1ccc(OCc2nc(CC(=O)NCc3cnn(-c4ccccc4)c3)cs2)cc1. The van der Waals surface area contributed by atoms with Gasteiger partial charge in [-0.3, -0.25) is 4.79 Å². The van der Waals surface area contributed by atoms with Crippen molar-refractivity contribution in [2.24, 2.45) is 0 Å². The highest BCUT2D eigenvalue weighted by Gasteiger charge is 2.09. The normalized spacial score (nSPS) is 10.7. The Balaban J connectivity index is 1.24. The molecule has 0 atom stereocenters. The molecule has 7 heteroatoms. The Morgan fingerprint density at radius 3 is 2.73 bits per heavy atom. The van der Waals surface area contributed by atoms with Gasteiger partial charge in [-0.25, -0.2) is 9.67 Å². The predicted molar refractivity (Wildman–Crippen MR) is 117 cm³/mol. The van der Waals surface area contributed by atoms with Crippen molar-refractivity contribution in [2.45, 2.75) is 26.5 Å². The lowest BCUT2D eigenvalue weighted by Crippen LogP contribution is -2.24. The molecule has 0 saturated heterocycles. The van der Waals surface area contributed by atoms with Crippen LogP contribution in [0.5, 0.6) is 5.75 Å². The Morgan fingerprint density at radius 1 is 1.13 bits per heavy atom. The van der Waals surface area contributed by atoms with Gasteiger partial charge < -0.3 is 10.1 Å². The van der Waals surface area contributed by atoms with E-state index in [1.54, 1.807) is 10.9 Å². The number of hydrogen-bond acceptors (Lipinski definition) is 5. The Kier molecular flexibility index (Phi) is 6.20. The number of benzene rings is 2. The number of aryl methyl sites for hydroxylation is 1. The van der Waals surface area contributed by atoms with Gasteiger partial charge in [0, 0.05) is 23.7 Å². The van der Waals surface area contributed by atoms with Crippen LogP contribution in [0.25, 0.3) is 5.69 Å². The third-order valence-corrected chi connectivity index (χ3v) is 5.34. The maximum absolute atomic E-state index is 12.3. The number of aromatic nitrogens is 3. The van der Waals surface area contributed by atoms with Crippen molar-refractivity contribution in [1.29, 1.82) is 0 Å². The molecule has 30 heavy (non-hydrogen) atoms. The molecule has 0 bridgehead atoms. The fraction of sp³-hybridized carbons (Fsp3) is 0.174. The molecule has 0 aliphatic carbocycles. The molecule has 2 aromatic carbocycles. The maximum Gasteiger partial charge on any atom is 0.226 e. The first-order chi connectivity index (χ1) is 14.7. The largest absolute Gasteiger partial charge is 0.486 e. The number of ether oxygens (including phenoxy) is 1. The summed E-state index contributed by atoms with van der Waals surface area (Å²) in [4.78, 5) is 16.8. The van der Waals surface area contributed by atoms with Crippen LogP contribution in [0.1, 0.15) is 21.8 Å². The zero-order chi connectivity index (χ0) is 20.8. The highest BCUT2D eigenvalue weighted by Crippen LogP contribution is 2.16. The van der Waals surface area contributed by atoms with Crippen molar-refractivity contribution >= 4 is 17.2 Å². The van der Waals surface area contributed by atoms with Crippen molar-refractivity contribution in [3.05, 3.63) is 94.2 Å². The van der Waals surface area contributed by atoms with E-state index in [1.165, 1.54) is 16.9 Å². The molecule has 4 rings (SSSR count). The minimum atomic E-state index is -0.0706. The fourth-order valence-corrected chi connectivity index (χ4v) is 3.58. The second-order valence-corrected chi connectivity index (χ2v) is 7.86. The number of rotatable bonds is 8. The highest BCUT2D eigenvalue weighted by molar-refractivity contribution is 7.09. The lowest BCUT2D eigenvalue weighted by molar-refractivity contribution is -0.120. The monoisotopic (exact) mass is 418 g/mol. The first-order valence-electron chi connectivity index (χ1n) is 9.64. The van der Waals surface area contributed by atoms with Gasteiger partial charge in [0.1, 0.15) is 17.4 Å². The second kappa shape index (κ2) is 9.37. The third kappa shape index (κ3) is 5.33. The second-order valence-electron chi connectivity index (χ2n) is 6.92. The fourth-order valence-electron chi connectivity index (χ4n) is 2.88. The van der Waals surface area contributed by atoms with Crippen LogP contribution in [0.2, 0.25) is 0 Å². The Hall–Kier alpha value is -3.45. The number of carbonyl (C=O) groups excluding carboxylic acids is 1. The van der Waals surface area contributed by atoms with Crippen molar-refractivity contribution in [1.82, 2.24) is 20.1 Å². The van der Waals surface area contributed by atoms with Crippen LogP contribution in [0.3, 0.4) is 0 Å². The molecule has 0 spiro atoms. The van der Waals surface area contributed by atoms with E-state index in [0.29, 0.717) is 13.2 Å². The quantitative estimate of drug-likeness (QED) is 0.468. The summed E-state index contributed by atoms with van der Waals surface area (Å²) in [6.45, 7) is 2.87. The molecule has 152 valence electrons. The molecule has 0 saturated carbocycles. The number of nitrogens with one attached hydrogen (secondary N) is 1. The van der Waals surface area contributed by atoms with Gasteiger partial charge in [0.05, 0.1) is 24.0 Å². The lowest BCUT2D eigenvalue weighted by Gasteiger charge is -2.04. The van der Waals surface area contributed by atoms with E-state index >= 15 is 0 Å². The summed E-state index contributed by atoms with van der Waals surface area (Å²) >= 11 is 1.50. The highest BCUT2D eigenvalue weighted by atomic mass is 32.1. The smallest absolute Gasteiger partial charge is 0.226 e. The van der Waals surface area contributed by atoms with Gasteiger partial charge in [0.25, 0.3) is 0 Å². The standard InChI is InChI=1S/C23H22N4O2S/c1-17-7-9-21(10-8-17)29-15-23-26-19(16-30-23)11-22(28)24-12-18-13-25-27(14-18)20-5-3-2-4-6-20/h2-10,13-14,16H,11-12,15H2,1H3,(H,24,28). The van der Waals surface area contributed by atoms with Crippen LogP contribution in [-0.2, 0) is 24.4 Å². The van der Waals surface area contributed by atoms with Crippen molar-refractivity contribution in [3.63, 3.8) is 0 Å². The van der Waals surface area contributed by atoms with E-state index in [2.05, 4.69) is 15.4 Å². The Morgan fingerprint density at radius 2 is 1.93 bits per heavy atom. The molecule has 2 heterocycles. The van der Waals surface area contributed by atoms with Gasteiger partial charge in [-0.15, -0.1) is 11.3 Å². The van der Waals surface area contributed by atoms with E-state index in [0.717, 1.165) is 27.7 Å². The molecular formula is C23H22N4O2S. The number of carbonyl (C=O) groups is 1. The average molecular weight is 419 g/mol. The van der Waals surface area contributed by atoms with E-state index in [9.17, 15) is 4.79 Å². The van der Waals surface area contributed by atoms with Crippen molar-refractivity contribution < 1.29 is 9.53 Å². The Bertz CT molecular complexity index is 1100. The molecule has 4 aromatic rings. The van der Waals surface area contributed by atoms with E-state index in [-0.39, 0.29) is 12.3 Å². The van der Waals surface area contributed by atoms with Crippen LogP contribution >= 0.6 is 11.3 Å². The summed E-state index contributed by atoms with van der Waals surface area (Å²) in [7, 11) is 0. The first-order valence-corrected chi connectivity index (χ1v) is 10.5. The molecule has 0 fully saturated rings. The summed E-state index contributed by atoms with van der Waals surface area (Å²) < 4.78 is 7.54. The topological polar surface area (TPSA) is 69.0 Å². The van der Waals surface area contributed by atoms with Crippen LogP contribution in [0, 0.1) is 6.92 Å². The summed E-state index contributed by atoms with van der Waals surface area (Å²) in [6.07, 6.45) is 3.92. The predicted octanol–water partition coefficient (Wildman–Crippen LogP) is 4.08. The molecule has 6 nitrogen and oxygen atoms in total. The Labute approximate surface area is 179 Å². The number of nitrogens with zero attached hydrogens (tertiary/aromatic N) is 3. The van der Waals surface area contributed by atoms with Gasteiger partial charge in [0.2, 0.25) is 5.91 Å². The number of amides is 1. The van der Waals surface area contributed by atoms with Gasteiger partial charge in [0.15, 0.2) is 0 Å². The number of thiazole rings is 1. The summed E-state index contributed by atoms with van der Waals surface area (Å²) in [5.41, 5.74) is 3.87. The first kappa shape index (κ1) is 19.8. The van der Waals surface area contributed by atoms with Crippen LogP contribution in [0.15, 0.2) is 72.4 Å². The lowest BCUT2D eigenvalue weighted by atomic mass is 10.2. The molecule has 0 radical (unpaired) electrons. The van der Waals surface area contributed by atoms with E-state index in [4.69, 9.17) is 4.74 Å². The minimum Gasteiger partial charge on any atom is -0.486 e. The molecule has 1 N–H and O–H groups in total. The van der Waals surface area contributed by atoms with Crippen LogP contribution in [-0.4, -0.2) is 20.7 Å². The van der Waals surface area contributed by atoms with Gasteiger partial charge in [-0.1, -0.05) is 35.9 Å². The summed E-state index contributed by atoms with van der Waals surface area (Å²) in [5, 5.41) is 10.0. The molecule has 1 amide bonds. The van der Waals surface area contributed by atoms with Gasteiger partial charge >= 0.3 is 0 Å². The number of para-hydroxylation sites is 1. The zero-order valence-electron chi connectivity index (χ0n) is 16.6. The number of hydrogen-bond donors (Lipinski definition) is 1. The minimum absolute atomic E-state index is 0.0706. The third-order valence-electron chi connectivity index (χ3n) is 4.47. The van der Waals surface area contributed by atoms with Gasteiger partial charge in [-0.2, -0.15) is 5.10 Å². The van der Waals surface area contributed by atoms with Crippen LogP contribution in [0.4, 0.5) is 0 Å². The molecule has 0 aliphatic heterocycles. The van der Waals surface area contributed by atoms with Gasteiger partial charge in [-0.05, 0) is 31.2 Å². The van der Waals surface area contributed by atoms with Crippen molar-refractivity contribution in [2.75, 3.05) is 0 Å². The summed E-state index contributed by atoms with van der Waals surface area (Å²) in [5.74, 6) is 0.741. The molecule has 0 aliphatic rings. The van der Waals surface area contributed by atoms with E-state index < -0.39 is 0 Å². The zero-order valence-corrected chi connectivity index (χ0v) is 17.4.